The first-order valence-electron chi connectivity index (χ1n) is 6.73. The van der Waals surface area contributed by atoms with Crippen molar-refractivity contribution in [2.45, 2.75) is 6.61 Å². The van der Waals surface area contributed by atoms with Crippen molar-refractivity contribution in [3.05, 3.63) is 58.6 Å². The van der Waals surface area contributed by atoms with Crippen LogP contribution < -0.4 is 20.6 Å². The number of hydrogen-bond donors (Lipinski definition) is 2. The number of nitrogens with two attached hydrogens (primary N) is 1. The van der Waals surface area contributed by atoms with E-state index in [0.29, 0.717) is 23.1 Å². The molecule has 0 bridgehead atoms. The number of benzene rings is 2. The molecule has 2 rings (SSSR count). The molecule has 0 spiro atoms. The summed E-state index contributed by atoms with van der Waals surface area (Å²) in [5, 5.41) is 4.72. The Kier molecular flexibility index (Phi) is 6.19. The van der Waals surface area contributed by atoms with Crippen LogP contribution in [0.25, 0.3) is 0 Å². The summed E-state index contributed by atoms with van der Waals surface area (Å²) in [6.45, 7) is 0.376. The fourth-order valence-corrected chi connectivity index (χ4v) is 2.03. The van der Waals surface area contributed by atoms with Crippen molar-refractivity contribution in [3.8, 4) is 11.5 Å². The predicted octanol–water partition coefficient (Wildman–Crippen LogP) is 3.09. The van der Waals surface area contributed by atoms with E-state index < -0.39 is 0 Å². The van der Waals surface area contributed by atoms with Gasteiger partial charge >= 0.3 is 0 Å². The quantitative estimate of drug-likeness (QED) is 0.476. The van der Waals surface area contributed by atoms with E-state index in [-0.39, 0.29) is 5.11 Å². The summed E-state index contributed by atoms with van der Waals surface area (Å²) in [5.41, 5.74) is 9.57. The standard InChI is InChI=1S/C16H16ClN3O2S/c1-21-14-4-2-3-12(9-19-20-16(18)23)15(14)22-10-11-5-7-13(17)8-6-11/h2-9H,10H2,1H3,(H3,18,20,23)/b19-9+. The zero-order valence-corrected chi connectivity index (χ0v) is 14.0. The number of para-hydroxylation sites is 1. The van der Waals surface area contributed by atoms with Gasteiger partial charge in [-0.3, -0.25) is 5.43 Å². The summed E-state index contributed by atoms with van der Waals surface area (Å²) < 4.78 is 11.2. The summed E-state index contributed by atoms with van der Waals surface area (Å²) in [4.78, 5) is 0. The van der Waals surface area contributed by atoms with Crippen molar-refractivity contribution in [1.29, 1.82) is 0 Å². The Morgan fingerprint density at radius 3 is 2.70 bits per heavy atom. The lowest BCUT2D eigenvalue weighted by Gasteiger charge is -2.13. The molecule has 0 fully saturated rings. The molecule has 0 heterocycles. The minimum atomic E-state index is 0.0905. The fourth-order valence-electron chi connectivity index (χ4n) is 1.85. The molecule has 0 aliphatic carbocycles. The highest BCUT2D eigenvalue weighted by Crippen LogP contribution is 2.30. The molecule has 3 N–H and O–H groups in total. The summed E-state index contributed by atoms with van der Waals surface area (Å²) in [6.07, 6.45) is 1.57. The molecule has 0 aliphatic rings. The number of methoxy groups -OCH3 is 1. The molecule has 120 valence electrons. The Morgan fingerprint density at radius 1 is 1.30 bits per heavy atom. The molecule has 2 aromatic carbocycles. The second-order valence-corrected chi connectivity index (χ2v) is 5.40. The van der Waals surface area contributed by atoms with Crippen LogP contribution in [0.1, 0.15) is 11.1 Å². The van der Waals surface area contributed by atoms with E-state index >= 15 is 0 Å². The number of nitrogens with zero attached hydrogens (tertiary/aromatic N) is 1. The first-order valence-corrected chi connectivity index (χ1v) is 7.51. The number of ether oxygens (including phenoxy) is 2. The third-order valence-corrected chi connectivity index (χ3v) is 3.25. The van der Waals surface area contributed by atoms with Gasteiger partial charge in [0.2, 0.25) is 0 Å². The summed E-state index contributed by atoms with van der Waals surface area (Å²) >= 11 is 10.6. The second kappa shape index (κ2) is 8.36. The van der Waals surface area contributed by atoms with Crippen LogP contribution >= 0.6 is 23.8 Å². The number of nitrogens with one attached hydrogen (secondary N) is 1. The SMILES string of the molecule is COc1cccc(/C=N/NC(N)=S)c1OCc1ccc(Cl)cc1. The van der Waals surface area contributed by atoms with E-state index in [9.17, 15) is 0 Å². The van der Waals surface area contributed by atoms with E-state index in [4.69, 9.17) is 39.0 Å². The van der Waals surface area contributed by atoms with Gasteiger partial charge in [-0.25, -0.2) is 0 Å². The highest BCUT2D eigenvalue weighted by atomic mass is 35.5. The van der Waals surface area contributed by atoms with Gasteiger partial charge < -0.3 is 15.2 Å². The topological polar surface area (TPSA) is 68.9 Å². The van der Waals surface area contributed by atoms with Crippen molar-refractivity contribution >= 4 is 35.1 Å². The van der Waals surface area contributed by atoms with Gasteiger partial charge in [0.1, 0.15) is 6.61 Å². The Bertz CT molecular complexity index is 705. The average Bonchev–Trinajstić information content (AvgIpc) is 2.54. The number of rotatable bonds is 6. The minimum absolute atomic E-state index is 0.0905. The van der Waals surface area contributed by atoms with E-state index in [0.717, 1.165) is 11.1 Å². The van der Waals surface area contributed by atoms with Crippen LogP contribution in [0.2, 0.25) is 5.02 Å². The zero-order valence-electron chi connectivity index (χ0n) is 12.5. The van der Waals surface area contributed by atoms with Crippen LogP contribution in [-0.2, 0) is 6.61 Å². The Labute approximate surface area is 145 Å². The number of hydrazone groups is 1. The maximum absolute atomic E-state index is 5.89. The van der Waals surface area contributed by atoms with Crippen LogP contribution in [0.4, 0.5) is 0 Å². The van der Waals surface area contributed by atoms with E-state index in [1.807, 2.05) is 42.5 Å². The van der Waals surface area contributed by atoms with Gasteiger partial charge in [-0.05, 0) is 42.0 Å². The molecule has 7 heteroatoms. The maximum atomic E-state index is 5.89. The highest BCUT2D eigenvalue weighted by Gasteiger charge is 2.09. The lowest BCUT2D eigenvalue weighted by Crippen LogP contribution is -2.24. The van der Waals surface area contributed by atoms with Gasteiger partial charge in [-0.1, -0.05) is 29.8 Å². The molecule has 0 amide bonds. The van der Waals surface area contributed by atoms with Crippen molar-refractivity contribution in [2.75, 3.05) is 7.11 Å². The van der Waals surface area contributed by atoms with Crippen molar-refractivity contribution in [2.24, 2.45) is 10.8 Å². The van der Waals surface area contributed by atoms with Gasteiger partial charge in [-0.2, -0.15) is 5.10 Å². The molecule has 23 heavy (non-hydrogen) atoms. The van der Waals surface area contributed by atoms with Crippen LogP contribution in [0.5, 0.6) is 11.5 Å². The Hall–Kier alpha value is -2.31. The molecule has 0 saturated heterocycles. The Balaban J connectivity index is 2.19. The number of halogens is 1. The molecule has 0 saturated carbocycles. The minimum Gasteiger partial charge on any atom is -0.493 e. The lowest BCUT2D eigenvalue weighted by molar-refractivity contribution is 0.284. The van der Waals surface area contributed by atoms with E-state index in [2.05, 4.69) is 10.5 Å². The summed E-state index contributed by atoms with van der Waals surface area (Å²) in [5.74, 6) is 1.19. The normalized spacial score (nSPS) is 10.5. The number of thiocarbonyl (C=S) groups is 1. The summed E-state index contributed by atoms with van der Waals surface area (Å²) in [7, 11) is 1.58. The highest BCUT2D eigenvalue weighted by molar-refractivity contribution is 7.80. The van der Waals surface area contributed by atoms with Gasteiger partial charge in [0, 0.05) is 10.6 Å². The second-order valence-electron chi connectivity index (χ2n) is 4.53. The maximum Gasteiger partial charge on any atom is 0.184 e. The zero-order chi connectivity index (χ0) is 16.7. The first-order chi connectivity index (χ1) is 11.1. The molecule has 0 aromatic heterocycles. The van der Waals surface area contributed by atoms with Gasteiger partial charge in [0.15, 0.2) is 16.6 Å². The van der Waals surface area contributed by atoms with Crippen LogP contribution in [-0.4, -0.2) is 18.4 Å². The molecule has 0 radical (unpaired) electrons. The third-order valence-electron chi connectivity index (χ3n) is 2.90. The number of hydrogen-bond acceptors (Lipinski definition) is 4. The van der Waals surface area contributed by atoms with E-state index in [1.165, 1.54) is 0 Å². The van der Waals surface area contributed by atoms with Gasteiger partial charge in [0.05, 0.1) is 13.3 Å². The molecule has 0 atom stereocenters. The predicted molar refractivity (Wildman–Crippen MR) is 96.3 cm³/mol. The average molecular weight is 350 g/mol. The van der Waals surface area contributed by atoms with Crippen LogP contribution in [0.3, 0.4) is 0 Å². The monoisotopic (exact) mass is 349 g/mol. The van der Waals surface area contributed by atoms with Gasteiger partial charge in [-0.15, -0.1) is 0 Å². The third kappa shape index (κ3) is 5.12. The molecule has 0 aliphatic heterocycles. The van der Waals surface area contributed by atoms with Crippen LogP contribution in [0, 0.1) is 0 Å². The van der Waals surface area contributed by atoms with Crippen LogP contribution in [0.15, 0.2) is 47.6 Å². The lowest BCUT2D eigenvalue weighted by atomic mass is 10.2. The smallest absolute Gasteiger partial charge is 0.184 e. The molecule has 0 unspecified atom stereocenters. The molecule has 2 aromatic rings. The van der Waals surface area contributed by atoms with E-state index in [1.54, 1.807) is 13.3 Å². The largest absolute Gasteiger partial charge is 0.493 e. The van der Waals surface area contributed by atoms with Crippen molar-refractivity contribution in [3.63, 3.8) is 0 Å². The Morgan fingerprint density at radius 2 is 2.04 bits per heavy atom. The van der Waals surface area contributed by atoms with Crippen molar-refractivity contribution < 1.29 is 9.47 Å². The molecular formula is C16H16ClN3O2S. The molecular weight excluding hydrogens is 334 g/mol. The van der Waals surface area contributed by atoms with Gasteiger partial charge in [0.25, 0.3) is 0 Å². The molecule has 5 nitrogen and oxygen atoms in total. The fraction of sp³-hybridized carbons (Fsp3) is 0.125. The first kappa shape index (κ1) is 17.1. The summed E-state index contributed by atoms with van der Waals surface area (Å²) in [6, 6.07) is 12.9. The van der Waals surface area contributed by atoms with Crippen molar-refractivity contribution in [1.82, 2.24) is 5.43 Å².